The molecular weight excluding hydrogens is 679 g/mol. The molecule has 54 heavy (non-hydrogen) atoms. The molecular formula is C46H85NO7. The van der Waals surface area contributed by atoms with Crippen molar-refractivity contribution >= 4 is 17.9 Å². The van der Waals surface area contributed by atoms with Crippen molar-refractivity contribution in [1.29, 1.82) is 0 Å². The van der Waals surface area contributed by atoms with Gasteiger partial charge in [0.1, 0.15) is 12.6 Å². The molecule has 0 aliphatic rings. The van der Waals surface area contributed by atoms with Crippen LogP contribution in [-0.2, 0) is 28.6 Å². The van der Waals surface area contributed by atoms with Gasteiger partial charge in [0.2, 0.25) is 0 Å². The quantitative estimate of drug-likeness (QED) is 0.0265. The molecule has 0 bridgehead atoms. The maximum absolute atomic E-state index is 12.7. The predicted octanol–water partition coefficient (Wildman–Crippen LogP) is 10.7. The van der Waals surface area contributed by atoms with Crippen molar-refractivity contribution in [3.63, 3.8) is 0 Å². The zero-order chi connectivity index (χ0) is 40.0. The standard InChI is InChI=1S/C46H85NO7/c1-6-8-10-12-14-16-18-20-22-23-25-27-29-31-33-35-37-45(49)54-42(40-52-39-38-43(46(50)51)47(3,4)5)41-53-44(48)36-34-32-30-28-26-24-21-19-17-15-13-11-9-7-2/h22-23,25,27,42-43H,6-21,24,26,28-41H2,1-5H3/b23-22+,27-25+. The highest BCUT2D eigenvalue weighted by Crippen LogP contribution is 2.15. The summed E-state index contributed by atoms with van der Waals surface area (Å²) in [6, 6.07) is -0.727. The number of rotatable bonds is 40. The van der Waals surface area contributed by atoms with Crippen molar-refractivity contribution in [3.05, 3.63) is 24.3 Å². The van der Waals surface area contributed by atoms with E-state index in [4.69, 9.17) is 14.2 Å². The summed E-state index contributed by atoms with van der Waals surface area (Å²) in [6.07, 6.45) is 40.5. The van der Waals surface area contributed by atoms with Crippen molar-refractivity contribution in [2.75, 3.05) is 41.0 Å². The van der Waals surface area contributed by atoms with Crippen molar-refractivity contribution in [2.24, 2.45) is 0 Å². The van der Waals surface area contributed by atoms with Crippen LogP contribution >= 0.6 is 0 Å². The van der Waals surface area contributed by atoms with E-state index in [1.807, 2.05) is 0 Å². The van der Waals surface area contributed by atoms with Gasteiger partial charge in [-0.25, -0.2) is 0 Å². The summed E-state index contributed by atoms with van der Waals surface area (Å²) in [4.78, 5) is 36.8. The van der Waals surface area contributed by atoms with E-state index in [1.165, 1.54) is 116 Å². The van der Waals surface area contributed by atoms with Crippen LogP contribution in [0.25, 0.3) is 0 Å². The van der Waals surface area contributed by atoms with Gasteiger partial charge in [-0.2, -0.15) is 0 Å². The van der Waals surface area contributed by atoms with Gasteiger partial charge in [0, 0.05) is 19.3 Å². The van der Waals surface area contributed by atoms with Crippen LogP contribution in [0.5, 0.6) is 0 Å². The Balaban J connectivity index is 4.38. The molecule has 0 amide bonds. The number of carbonyl (C=O) groups excluding carboxylic acids is 3. The molecule has 0 spiro atoms. The third-order valence-electron chi connectivity index (χ3n) is 10.1. The van der Waals surface area contributed by atoms with Crippen LogP contribution in [-0.4, -0.2) is 75.5 Å². The van der Waals surface area contributed by atoms with Crippen LogP contribution in [0.4, 0.5) is 0 Å². The maximum atomic E-state index is 12.7. The second-order valence-corrected chi connectivity index (χ2v) is 16.3. The van der Waals surface area contributed by atoms with E-state index < -0.39 is 18.1 Å². The second-order valence-electron chi connectivity index (χ2n) is 16.3. The Labute approximate surface area is 332 Å². The normalized spacial score (nSPS) is 13.1. The number of carbonyl (C=O) groups is 3. The Kier molecular flexibility index (Phi) is 36.2. The lowest BCUT2D eigenvalue weighted by molar-refractivity contribution is -0.889. The number of aliphatic carboxylic acids is 1. The summed E-state index contributed by atoms with van der Waals surface area (Å²) in [5.41, 5.74) is 0. The highest BCUT2D eigenvalue weighted by Gasteiger charge is 2.25. The maximum Gasteiger partial charge on any atom is 0.306 e. The van der Waals surface area contributed by atoms with Gasteiger partial charge in [-0.3, -0.25) is 9.59 Å². The molecule has 0 rings (SSSR count). The smallest absolute Gasteiger partial charge is 0.306 e. The van der Waals surface area contributed by atoms with Crippen molar-refractivity contribution in [2.45, 2.75) is 212 Å². The molecule has 0 heterocycles. The van der Waals surface area contributed by atoms with Crippen LogP contribution in [0.1, 0.15) is 200 Å². The largest absolute Gasteiger partial charge is 0.544 e. The molecule has 316 valence electrons. The zero-order valence-electron chi connectivity index (χ0n) is 35.9. The van der Waals surface area contributed by atoms with Gasteiger partial charge in [0.25, 0.3) is 0 Å². The van der Waals surface area contributed by atoms with E-state index in [2.05, 4.69) is 38.2 Å². The molecule has 8 heteroatoms. The monoisotopic (exact) mass is 764 g/mol. The molecule has 0 N–H and O–H groups in total. The number of unbranched alkanes of at least 4 members (excludes halogenated alkanes) is 23. The first kappa shape index (κ1) is 51.8. The fourth-order valence-electron chi connectivity index (χ4n) is 6.59. The molecule has 0 aromatic heterocycles. The van der Waals surface area contributed by atoms with Crippen molar-refractivity contribution in [1.82, 2.24) is 0 Å². The average molecular weight is 764 g/mol. The molecule has 0 radical (unpaired) electrons. The van der Waals surface area contributed by atoms with Gasteiger partial charge < -0.3 is 28.6 Å². The average Bonchev–Trinajstić information content (AvgIpc) is 3.12. The van der Waals surface area contributed by atoms with Gasteiger partial charge in [0.05, 0.1) is 40.3 Å². The number of hydrogen-bond acceptors (Lipinski definition) is 7. The second kappa shape index (κ2) is 37.7. The first-order valence-electron chi connectivity index (χ1n) is 22.4. The minimum absolute atomic E-state index is 0.0338. The number of ether oxygens (including phenoxy) is 3. The fraction of sp³-hybridized carbons (Fsp3) is 0.848. The van der Waals surface area contributed by atoms with Crippen molar-refractivity contribution in [3.8, 4) is 0 Å². The summed E-state index contributed by atoms with van der Waals surface area (Å²) < 4.78 is 17.1. The van der Waals surface area contributed by atoms with Crippen LogP contribution in [0.3, 0.4) is 0 Å². The molecule has 2 unspecified atom stereocenters. The Morgan fingerprint density at radius 3 is 1.41 bits per heavy atom. The number of nitrogens with zero attached hydrogens (tertiary/aromatic N) is 1. The molecule has 0 saturated carbocycles. The number of carboxylic acids is 1. The number of quaternary nitrogens is 1. The van der Waals surface area contributed by atoms with Gasteiger partial charge in [-0.15, -0.1) is 0 Å². The zero-order valence-corrected chi connectivity index (χ0v) is 35.9. The third-order valence-corrected chi connectivity index (χ3v) is 10.1. The van der Waals surface area contributed by atoms with Gasteiger partial charge in [-0.05, 0) is 38.5 Å². The van der Waals surface area contributed by atoms with Crippen LogP contribution in [0.15, 0.2) is 24.3 Å². The number of likely N-dealkylation sites (N-methyl/N-ethyl adjacent to an activating group) is 1. The summed E-state index contributed by atoms with van der Waals surface area (Å²) in [5, 5.41) is 11.6. The number of carboxylic acid groups (broad SMARTS) is 1. The van der Waals surface area contributed by atoms with Crippen LogP contribution < -0.4 is 5.11 Å². The van der Waals surface area contributed by atoms with Crippen LogP contribution in [0, 0.1) is 0 Å². The Hall–Kier alpha value is -2.19. The topological polar surface area (TPSA) is 102 Å². The summed E-state index contributed by atoms with van der Waals surface area (Å²) in [7, 11) is 5.40. The Bertz CT molecular complexity index is 942. The number of allylic oxidation sites excluding steroid dienone is 4. The number of hydrogen-bond donors (Lipinski definition) is 0. The predicted molar refractivity (Wildman–Crippen MR) is 222 cm³/mol. The SMILES string of the molecule is CCCCCCCCC/C=C/C=C/CCCCCC(=O)OC(COCCC(C(=O)[O-])[N+](C)(C)C)COC(=O)CCCCCCCCCCCCCCCC. The Morgan fingerprint density at radius 2 is 0.963 bits per heavy atom. The lowest BCUT2D eigenvalue weighted by Gasteiger charge is -2.34. The van der Waals surface area contributed by atoms with Crippen molar-refractivity contribution < 1.29 is 38.2 Å². The van der Waals surface area contributed by atoms with Gasteiger partial charge in [-0.1, -0.05) is 167 Å². The molecule has 0 aliphatic heterocycles. The first-order valence-corrected chi connectivity index (χ1v) is 22.4. The fourth-order valence-corrected chi connectivity index (χ4v) is 6.59. The minimum atomic E-state index is -1.13. The highest BCUT2D eigenvalue weighted by atomic mass is 16.6. The van der Waals surface area contributed by atoms with Gasteiger partial charge >= 0.3 is 11.9 Å². The molecule has 0 aromatic rings. The van der Waals surface area contributed by atoms with Crippen LogP contribution in [0.2, 0.25) is 0 Å². The summed E-state index contributed by atoms with van der Waals surface area (Å²) in [5.74, 6) is -1.76. The minimum Gasteiger partial charge on any atom is -0.544 e. The molecule has 0 aromatic carbocycles. The third kappa shape index (κ3) is 35.5. The van der Waals surface area contributed by atoms with E-state index in [9.17, 15) is 19.5 Å². The Morgan fingerprint density at radius 1 is 0.556 bits per heavy atom. The molecule has 2 atom stereocenters. The van der Waals surface area contributed by atoms with E-state index in [-0.39, 0.29) is 42.7 Å². The molecule has 0 fully saturated rings. The first-order chi connectivity index (χ1) is 26.1. The molecule has 0 aliphatic carbocycles. The summed E-state index contributed by atoms with van der Waals surface area (Å²) in [6.45, 7) is 4.64. The van der Waals surface area contributed by atoms with E-state index in [0.29, 0.717) is 12.8 Å². The number of esters is 2. The van der Waals surface area contributed by atoms with E-state index in [0.717, 1.165) is 51.4 Å². The van der Waals surface area contributed by atoms with Gasteiger partial charge in [0.15, 0.2) is 6.10 Å². The molecule has 0 saturated heterocycles. The lowest BCUT2D eigenvalue weighted by Crippen LogP contribution is -2.55. The highest BCUT2D eigenvalue weighted by molar-refractivity contribution is 5.70. The lowest BCUT2D eigenvalue weighted by atomic mass is 10.0. The summed E-state index contributed by atoms with van der Waals surface area (Å²) >= 11 is 0. The molecule has 8 nitrogen and oxygen atoms in total. The van der Waals surface area contributed by atoms with E-state index in [1.54, 1.807) is 21.1 Å². The van der Waals surface area contributed by atoms with E-state index >= 15 is 0 Å².